The maximum atomic E-state index is 12.0. The van der Waals surface area contributed by atoms with Crippen molar-refractivity contribution in [3.05, 3.63) is 57.5 Å². The average Bonchev–Trinajstić information content (AvgIpc) is 3.47. The van der Waals surface area contributed by atoms with Gasteiger partial charge in [-0.05, 0) is 66.3 Å². The van der Waals surface area contributed by atoms with Crippen molar-refractivity contribution < 1.29 is 38.5 Å². The second-order valence-electron chi connectivity index (χ2n) is 9.69. The van der Waals surface area contributed by atoms with Crippen LogP contribution in [0.4, 0.5) is 5.82 Å². The molecule has 12 nitrogen and oxygen atoms in total. The van der Waals surface area contributed by atoms with Crippen molar-refractivity contribution in [2.45, 2.75) is 43.4 Å². The van der Waals surface area contributed by atoms with Crippen LogP contribution in [-0.2, 0) is 20.1 Å². The molecule has 1 aromatic carbocycles. The number of aliphatic hydroxyl groups is 2. The zero-order valence-electron chi connectivity index (χ0n) is 19.8. The summed E-state index contributed by atoms with van der Waals surface area (Å²) >= 11 is 12.4. The van der Waals surface area contributed by atoms with Gasteiger partial charge in [-0.3, -0.25) is 9.13 Å². The van der Waals surface area contributed by atoms with E-state index in [0.29, 0.717) is 22.1 Å². The van der Waals surface area contributed by atoms with Crippen LogP contribution in [0, 0.1) is 5.92 Å². The van der Waals surface area contributed by atoms with Gasteiger partial charge in [-0.2, -0.15) is 4.98 Å². The minimum Gasteiger partial charge on any atom is -0.390 e. The predicted octanol–water partition coefficient (Wildman–Crippen LogP) is 3.30. The molecule has 6 N–H and O–H groups in total. The van der Waals surface area contributed by atoms with Gasteiger partial charge in [0, 0.05) is 22.6 Å². The molecule has 0 saturated heterocycles. The largest absolute Gasteiger partial charge is 0.390 e. The Hall–Kier alpha value is -1.56. The first-order valence-electron chi connectivity index (χ1n) is 11.8. The monoisotopic (exact) mass is 606 g/mol. The van der Waals surface area contributed by atoms with Crippen LogP contribution in [0.15, 0.2) is 30.3 Å². The minimum absolute atomic E-state index is 0.0156. The number of hydrogen-bond acceptors (Lipinski definition) is 8. The number of fused-ring (bicyclic) bond motifs is 2. The van der Waals surface area contributed by atoms with Crippen molar-refractivity contribution in [3.8, 4) is 0 Å². The fourth-order valence-corrected chi connectivity index (χ4v) is 8.32. The van der Waals surface area contributed by atoms with Crippen molar-refractivity contribution in [1.29, 1.82) is 0 Å². The molecule has 1 fully saturated rings. The smallest absolute Gasteiger partial charge is 0.340 e. The van der Waals surface area contributed by atoms with Crippen molar-refractivity contribution in [2.75, 3.05) is 17.8 Å². The minimum atomic E-state index is -4.79. The van der Waals surface area contributed by atoms with Crippen molar-refractivity contribution in [2.24, 2.45) is 5.92 Å². The quantitative estimate of drug-likeness (QED) is 0.206. The van der Waals surface area contributed by atoms with Crippen LogP contribution in [0.25, 0.3) is 5.52 Å². The molecule has 2 aromatic heterocycles. The molecule has 0 radical (unpaired) electrons. The number of hydrogen-bond donors (Lipinski definition) is 6. The molecular formula is C22H26Cl2N4O8P2. The summed E-state index contributed by atoms with van der Waals surface area (Å²) in [5.74, 6) is -2.23. The molecule has 2 heterocycles. The average molecular weight is 607 g/mol. The van der Waals surface area contributed by atoms with Gasteiger partial charge in [0.25, 0.3) is 0 Å². The van der Waals surface area contributed by atoms with Crippen molar-refractivity contribution in [3.63, 3.8) is 0 Å². The summed E-state index contributed by atoms with van der Waals surface area (Å²) in [6.07, 6.45) is -0.705. The number of benzene rings is 1. The Morgan fingerprint density at radius 1 is 1.11 bits per heavy atom. The lowest BCUT2D eigenvalue weighted by molar-refractivity contribution is 0.00366. The Balaban J connectivity index is 1.37. The van der Waals surface area contributed by atoms with Crippen LogP contribution < -0.4 is 5.32 Å². The Kier molecular flexibility index (Phi) is 7.69. The summed E-state index contributed by atoms with van der Waals surface area (Å²) in [5.41, 5.74) is 3.43. The van der Waals surface area contributed by atoms with Crippen LogP contribution in [0.1, 0.15) is 41.6 Å². The number of nitrogens with zero attached hydrogens (tertiary/aromatic N) is 3. The Bertz CT molecular complexity index is 1470. The number of nitrogens with one attached hydrogen (secondary N) is 1. The molecule has 38 heavy (non-hydrogen) atoms. The third-order valence-corrected chi connectivity index (χ3v) is 10.9. The summed E-state index contributed by atoms with van der Waals surface area (Å²) in [6, 6.07) is 9.27. The van der Waals surface area contributed by atoms with Crippen LogP contribution in [-0.4, -0.2) is 64.2 Å². The van der Waals surface area contributed by atoms with E-state index in [0.717, 1.165) is 24.0 Å². The first kappa shape index (κ1) is 28.0. The highest BCUT2D eigenvalue weighted by Crippen LogP contribution is 2.56. The summed E-state index contributed by atoms with van der Waals surface area (Å²) in [6.45, 7) is -0.473. The van der Waals surface area contributed by atoms with Gasteiger partial charge in [0.05, 0.1) is 24.9 Å². The number of aliphatic hydroxyl groups excluding tert-OH is 2. The molecule has 0 amide bonds. The Morgan fingerprint density at radius 3 is 2.61 bits per heavy atom. The first-order valence-corrected chi connectivity index (χ1v) is 16.1. The maximum Gasteiger partial charge on any atom is 0.340 e. The lowest BCUT2D eigenvalue weighted by Crippen LogP contribution is -2.29. The van der Waals surface area contributed by atoms with Crippen molar-refractivity contribution in [1.82, 2.24) is 14.6 Å². The molecule has 0 spiro atoms. The number of anilines is 1. The number of aromatic nitrogens is 3. The molecule has 206 valence electrons. The first-order chi connectivity index (χ1) is 17.8. The standard InChI is InChI=1S/C22H26Cl2N4O8P2/c23-13-2-3-14-11(7-13)1-4-16(14)25-21-18-6-5-17(28(18)27-22(24)26-21)15-8-12(19(29)20(15)30)9-36-38(34,35)10-37(31,32)33/h2-3,5-7,12,15-16,19-20,29-30H,1,4,8-10H2,(H,34,35)(H,25,26,27)(H2,31,32,33)/t12-,15+,16+,19-,20+/m1/s1. The number of rotatable bonds is 8. The van der Waals surface area contributed by atoms with E-state index in [9.17, 15) is 24.2 Å². The molecule has 3 aromatic rings. The van der Waals surface area contributed by atoms with Crippen LogP contribution >= 0.6 is 38.4 Å². The van der Waals surface area contributed by atoms with E-state index in [-0.39, 0.29) is 17.7 Å². The van der Waals surface area contributed by atoms with Crippen molar-refractivity contribution >= 4 is 49.7 Å². The second-order valence-corrected chi connectivity index (χ2v) is 14.5. The summed E-state index contributed by atoms with van der Waals surface area (Å²) in [5, 5.41) is 29.8. The molecule has 0 bridgehead atoms. The van der Waals surface area contributed by atoms with Crippen LogP contribution in [0.5, 0.6) is 0 Å². The molecule has 2 aliphatic rings. The van der Waals surface area contributed by atoms with E-state index in [1.54, 1.807) is 16.6 Å². The van der Waals surface area contributed by atoms with Gasteiger partial charge in [0.15, 0.2) is 11.7 Å². The van der Waals surface area contributed by atoms with E-state index in [1.165, 1.54) is 0 Å². The molecule has 1 saturated carbocycles. The topological polar surface area (TPSA) is 187 Å². The highest BCUT2D eigenvalue weighted by atomic mass is 35.5. The zero-order chi connectivity index (χ0) is 27.4. The SMILES string of the molecule is O=P(O)(O)CP(=O)(O)OC[C@H]1C[C@@H](c2ccc3c(N[C@H]4CCc5cc(Cl)ccc54)nc(Cl)nn23)[C@H](O)[C@@H]1O. The van der Waals surface area contributed by atoms with Gasteiger partial charge >= 0.3 is 15.2 Å². The molecule has 6 atom stereocenters. The third-order valence-electron chi connectivity index (χ3n) is 7.04. The maximum absolute atomic E-state index is 12.0. The van der Waals surface area contributed by atoms with E-state index in [1.807, 2.05) is 18.2 Å². The zero-order valence-corrected chi connectivity index (χ0v) is 23.1. The molecular weight excluding hydrogens is 581 g/mol. The van der Waals surface area contributed by atoms with Crippen LogP contribution in [0.2, 0.25) is 10.3 Å². The van der Waals surface area contributed by atoms with Gasteiger partial charge in [-0.1, -0.05) is 17.7 Å². The number of halogens is 2. The molecule has 5 rings (SSSR count). The summed E-state index contributed by atoms with van der Waals surface area (Å²) in [4.78, 5) is 32.1. The summed E-state index contributed by atoms with van der Waals surface area (Å²) < 4.78 is 29.5. The molecule has 1 unspecified atom stereocenters. The Morgan fingerprint density at radius 2 is 1.87 bits per heavy atom. The molecule has 16 heteroatoms. The third kappa shape index (κ3) is 5.81. The number of aryl methyl sites for hydroxylation is 1. The van der Waals surface area contributed by atoms with Gasteiger partial charge in [-0.25, -0.2) is 4.52 Å². The van der Waals surface area contributed by atoms with E-state index in [2.05, 4.69) is 15.4 Å². The van der Waals surface area contributed by atoms with Gasteiger partial charge in [-0.15, -0.1) is 5.10 Å². The van der Waals surface area contributed by atoms with Gasteiger partial charge < -0.3 is 34.7 Å². The van der Waals surface area contributed by atoms with E-state index in [4.69, 9.17) is 37.5 Å². The van der Waals surface area contributed by atoms with Gasteiger partial charge in [0.2, 0.25) is 5.28 Å². The molecule has 0 aliphatic heterocycles. The lowest BCUT2D eigenvalue weighted by Gasteiger charge is -2.19. The van der Waals surface area contributed by atoms with Crippen LogP contribution in [0.3, 0.4) is 0 Å². The van der Waals surface area contributed by atoms with E-state index < -0.39 is 51.7 Å². The predicted molar refractivity (Wildman–Crippen MR) is 140 cm³/mol. The lowest BCUT2D eigenvalue weighted by atomic mass is 10.0. The fraction of sp³-hybridized carbons (Fsp3) is 0.455. The summed E-state index contributed by atoms with van der Waals surface area (Å²) in [7, 11) is -9.39. The highest BCUT2D eigenvalue weighted by Gasteiger charge is 2.45. The Labute approximate surface area is 227 Å². The normalized spacial score (nSPS) is 27.0. The van der Waals surface area contributed by atoms with Gasteiger partial charge in [0.1, 0.15) is 5.52 Å². The second kappa shape index (κ2) is 10.4. The van der Waals surface area contributed by atoms with E-state index >= 15 is 0 Å². The fourth-order valence-electron chi connectivity index (χ4n) is 5.35. The highest BCUT2D eigenvalue weighted by molar-refractivity contribution is 7.70. The molecule has 2 aliphatic carbocycles.